The average Bonchev–Trinajstić information content (AvgIpc) is 2.89. The Balaban J connectivity index is 1.54. The van der Waals surface area contributed by atoms with E-state index in [0.29, 0.717) is 11.6 Å². The van der Waals surface area contributed by atoms with Gasteiger partial charge in [0.25, 0.3) is 0 Å². The summed E-state index contributed by atoms with van der Waals surface area (Å²) in [5.74, 6) is 1.72. The number of ketones is 1. The maximum atomic E-state index is 12.7. The third-order valence-electron chi connectivity index (χ3n) is 6.07. The maximum absolute atomic E-state index is 12.7. The molecule has 6 heteroatoms. The fourth-order valence-corrected chi connectivity index (χ4v) is 6.36. The van der Waals surface area contributed by atoms with Crippen LogP contribution in [0.3, 0.4) is 0 Å². The molecule has 0 aliphatic rings. The van der Waals surface area contributed by atoms with Crippen LogP contribution in [0.4, 0.5) is 0 Å². The van der Waals surface area contributed by atoms with E-state index in [1.165, 1.54) is 23.6 Å². The normalized spacial score (nSPS) is 11.9. The lowest BCUT2D eigenvalue weighted by molar-refractivity contribution is -0.121. The molecule has 3 nitrogen and oxygen atoms in total. The SMILES string of the molecule is CCCc1cc(Cc2ccccc2)ccc1OCCCSc1ccc(C(SC(C)=O)C(=O)C(C)C)cc1Cl. The molecule has 0 saturated heterocycles. The van der Waals surface area contributed by atoms with Crippen LogP contribution in [-0.4, -0.2) is 23.3 Å². The van der Waals surface area contributed by atoms with Gasteiger partial charge in [0.1, 0.15) is 5.75 Å². The van der Waals surface area contributed by atoms with Crippen LogP contribution in [0.5, 0.6) is 5.75 Å². The molecule has 1 unspecified atom stereocenters. The fraction of sp³-hybridized carbons (Fsp3) is 0.375. The second-order valence-electron chi connectivity index (χ2n) is 9.64. The summed E-state index contributed by atoms with van der Waals surface area (Å²) in [5.41, 5.74) is 4.66. The van der Waals surface area contributed by atoms with Gasteiger partial charge < -0.3 is 4.74 Å². The summed E-state index contributed by atoms with van der Waals surface area (Å²) in [6, 6.07) is 22.8. The average molecular weight is 569 g/mol. The fourth-order valence-electron chi connectivity index (χ4n) is 4.16. The van der Waals surface area contributed by atoms with Crippen LogP contribution < -0.4 is 4.74 Å². The molecule has 0 N–H and O–H groups in total. The van der Waals surface area contributed by atoms with Gasteiger partial charge in [-0.05, 0) is 59.7 Å². The largest absolute Gasteiger partial charge is 0.493 e. The van der Waals surface area contributed by atoms with E-state index in [4.69, 9.17) is 16.3 Å². The molecule has 202 valence electrons. The Kier molecular flexibility index (Phi) is 12.3. The summed E-state index contributed by atoms with van der Waals surface area (Å²) in [6.45, 7) is 8.03. The third-order valence-corrected chi connectivity index (χ3v) is 8.73. The smallest absolute Gasteiger partial charge is 0.186 e. The van der Waals surface area contributed by atoms with Crippen molar-refractivity contribution in [3.05, 3.63) is 94.0 Å². The van der Waals surface area contributed by atoms with Crippen molar-refractivity contribution in [2.24, 2.45) is 5.92 Å². The van der Waals surface area contributed by atoms with E-state index in [1.807, 2.05) is 38.1 Å². The van der Waals surface area contributed by atoms with E-state index in [2.05, 4.69) is 49.4 Å². The Morgan fingerprint density at radius 1 is 0.974 bits per heavy atom. The number of carbonyl (C=O) groups is 2. The summed E-state index contributed by atoms with van der Waals surface area (Å²) < 4.78 is 6.18. The van der Waals surface area contributed by atoms with Crippen LogP contribution in [-0.2, 0) is 22.4 Å². The lowest BCUT2D eigenvalue weighted by Gasteiger charge is -2.17. The molecule has 0 fully saturated rings. The van der Waals surface area contributed by atoms with Crippen molar-refractivity contribution in [2.45, 2.75) is 63.5 Å². The molecule has 0 heterocycles. The Bertz CT molecular complexity index is 1210. The van der Waals surface area contributed by atoms with Crippen LogP contribution in [0.2, 0.25) is 5.02 Å². The Morgan fingerprint density at radius 3 is 2.39 bits per heavy atom. The van der Waals surface area contributed by atoms with Crippen LogP contribution in [0.25, 0.3) is 0 Å². The van der Waals surface area contributed by atoms with Crippen molar-refractivity contribution in [2.75, 3.05) is 12.4 Å². The van der Waals surface area contributed by atoms with Gasteiger partial charge in [-0.15, -0.1) is 11.8 Å². The molecule has 0 spiro atoms. The van der Waals surface area contributed by atoms with Crippen molar-refractivity contribution in [3.63, 3.8) is 0 Å². The first-order chi connectivity index (χ1) is 18.3. The van der Waals surface area contributed by atoms with Gasteiger partial charge in [-0.2, -0.15) is 0 Å². The van der Waals surface area contributed by atoms with Gasteiger partial charge in [0, 0.05) is 23.5 Å². The van der Waals surface area contributed by atoms with Crippen molar-refractivity contribution >= 4 is 46.0 Å². The topological polar surface area (TPSA) is 43.4 Å². The molecule has 3 aromatic rings. The van der Waals surface area contributed by atoms with Crippen molar-refractivity contribution in [1.29, 1.82) is 0 Å². The van der Waals surface area contributed by atoms with Gasteiger partial charge in [0.2, 0.25) is 0 Å². The minimum absolute atomic E-state index is 0.0364. The third kappa shape index (κ3) is 9.21. The number of benzene rings is 3. The molecule has 0 amide bonds. The molecular formula is C32H37ClO3S2. The summed E-state index contributed by atoms with van der Waals surface area (Å²) in [4.78, 5) is 25.4. The van der Waals surface area contributed by atoms with Crippen LogP contribution in [0.15, 0.2) is 71.6 Å². The highest BCUT2D eigenvalue weighted by molar-refractivity contribution is 8.14. The first-order valence-electron chi connectivity index (χ1n) is 13.2. The zero-order valence-electron chi connectivity index (χ0n) is 22.7. The van der Waals surface area contributed by atoms with Crippen molar-refractivity contribution < 1.29 is 14.3 Å². The highest BCUT2D eigenvalue weighted by atomic mass is 35.5. The first-order valence-corrected chi connectivity index (χ1v) is 15.4. The molecule has 0 aliphatic heterocycles. The van der Waals surface area contributed by atoms with Gasteiger partial charge >= 0.3 is 0 Å². The molecule has 0 radical (unpaired) electrons. The number of hydrogen-bond donors (Lipinski definition) is 0. The molecule has 0 bridgehead atoms. The lowest BCUT2D eigenvalue weighted by Crippen LogP contribution is -2.16. The predicted molar refractivity (Wildman–Crippen MR) is 163 cm³/mol. The number of hydrogen-bond acceptors (Lipinski definition) is 5. The first kappa shape index (κ1) is 30.3. The highest BCUT2D eigenvalue weighted by Crippen LogP contribution is 2.37. The Morgan fingerprint density at radius 2 is 1.74 bits per heavy atom. The van der Waals surface area contributed by atoms with Crippen LogP contribution in [0, 0.1) is 5.92 Å². The lowest BCUT2D eigenvalue weighted by atomic mass is 10.0. The molecule has 0 aliphatic carbocycles. The molecular weight excluding hydrogens is 532 g/mol. The Hall–Kier alpha value is -2.21. The van der Waals surface area contributed by atoms with Gasteiger partial charge in [0.15, 0.2) is 10.9 Å². The maximum Gasteiger partial charge on any atom is 0.186 e. The molecule has 1 atom stereocenters. The summed E-state index contributed by atoms with van der Waals surface area (Å²) in [5, 5.41) is 0.0127. The van der Waals surface area contributed by atoms with E-state index in [9.17, 15) is 9.59 Å². The number of rotatable bonds is 14. The Labute approximate surface area is 241 Å². The molecule has 0 aromatic heterocycles. The minimum Gasteiger partial charge on any atom is -0.493 e. The summed E-state index contributed by atoms with van der Waals surface area (Å²) in [7, 11) is 0. The number of carbonyl (C=O) groups excluding carboxylic acids is 2. The van der Waals surface area contributed by atoms with Gasteiger partial charge in [-0.1, -0.05) is 99.1 Å². The predicted octanol–water partition coefficient (Wildman–Crippen LogP) is 8.99. The second-order valence-corrected chi connectivity index (χ2v) is 12.5. The van der Waals surface area contributed by atoms with Gasteiger partial charge in [-0.25, -0.2) is 0 Å². The second kappa shape index (κ2) is 15.4. The quantitative estimate of drug-likeness (QED) is 0.143. The number of ether oxygens (including phenoxy) is 1. The number of halogens is 1. The van der Waals surface area contributed by atoms with E-state index in [0.717, 1.165) is 59.4 Å². The highest BCUT2D eigenvalue weighted by Gasteiger charge is 2.26. The van der Waals surface area contributed by atoms with Crippen molar-refractivity contribution in [1.82, 2.24) is 0 Å². The molecule has 38 heavy (non-hydrogen) atoms. The minimum atomic E-state index is -0.520. The number of thioether (sulfide) groups is 2. The van der Waals surface area contributed by atoms with E-state index in [1.54, 1.807) is 11.8 Å². The van der Waals surface area contributed by atoms with Gasteiger partial charge in [0.05, 0.1) is 16.9 Å². The zero-order valence-corrected chi connectivity index (χ0v) is 25.1. The zero-order chi connectivity index (χ0) is 27.5. The van der Waals surface area contributed by atoms with E-state index >= 15 is 0 Å². The standard InChI is InChI=1S/C32H37ClO3S2/c1-5-10-26-20-25(19-24-11-7-6-8-12-24)13-15-29(26)36-17-9-18-37-30-16-14-27(21-28(30)33)32(38-23(4)34)31(35)22(2)3/h6-8,11-16,20-22,32H,5,9-10,17-19H2,1-4H3. The van der Waals surface area contributed by atoms with Crippen LogP contribution >= 0.6 is 35.1 Å². The monoisotopic (exact) mass is 568 g/mol. The van der Waals surface area contributed by atoms with E-state index < -0.39 is 5.25 Å². The van der Waals surface area contributed by atoms with Crippen molar-refractivity contribution in [3.8, 4) is 5.75 Å². The summed E-state index contributed by atoms with van der Waals surface area (Å²) in [6.07, 6.45) is 3.88. The molecule has 3 rings (SSSR count). The summed E-state index contributed by atoms with van der Waals surface area (Å²) >= 11 is 9.31. The van der Waals surface area contributed by atoms with Gasteiger partial charge in [-0.3, -0.25) is 9.59 Å². The number of aryl methyl sites for hydroxylation is 1. The van der Waals surface area contributed by atoms with E-state index in [-0.39, 0.29) is 16.8 Å². The molecule has 3 aromatic carbocycles. The molecule has 0 saturated carbocycles. The van der Waals surface area contributed by atoms with Crippen LogP contribution in [0.1, 0.15) is 68.0 Å². The number of Topliss-reactive ketones (excluding diaryl/α,β-unsaturated/α-hetero) is 1.